The van der Waals surface area contributed by atoms with Gasteiger partial charge in [-0.05, 0) is 49.5 Å². The van der Waals surface area contributed by atoms with Crippen molar-refractivity contribution in [1.82, 2.24) is 19.5 Å². The lowest BCUT2D eigenvalue weighted by Gasteiger charge is -2.32. The summed E-state index contributed by atoms with van der Waals surface area (Å²) >= 11 is 6.35. The third-order valence-electron chi connectivity index (χ3n) is 6.16. The molecule has 0 spiro atoms. The zero-order chi connectivity index (χ0) is 27.0. The van der Waals surface area contributed by atoms with E-state index in [9.17, 15) is 13.5 Å². The van der Waals surface area contributed by atoms with Gasteiger partial charge in [-0.25, -0.2) is 28.4 Å². The SMILES string of the molecule is CCOC1=NC(c2nc3nc(Cl)c(NS(=O)(=O)C[C@H]4C[C@@H](C)C4)nc3n2-c2c(O)cccc2OC)=C=C=C1. The maximum Gasteiger partial charge on any atom is 0.234 e. The Labute approximate surface area is 224 Å². The van der Waals surface area contributed by atoms with Gasteiger partial charge in [0, 0.05) is 0 Å². The number of hydrogen-bond acceptors (Lipinski definition) is 9. The Balaban J connectivity index is 1.69. The number of nitrogens with zero attached hydrogens (tertiary/aromatic N) is 5. The first-order chi connectivity index (χ1) is 18.2. The fraction of sp³-hybridized carbons (Fsp3) is 0.360. The van der Waals surface area contributed by atoms with Crippen molar-refractivity contribution < 1.29 is 23.0 Å². The molecule has 3 aromatic rings. The number of aliphatic imine (C=N–C) groups is 1. The molecule has 0 atom stereocenters. The molecule has 0 bridgehead atoms. The zero-order valence-electron chi connectivity index (χ0n) is 20.9. The number of phenolic OH excluding ortho intramolecular Hbond substituents is 1. The van der Waals surface area contributed by atoms with Crippen LogP contribution in [-0.2, 0) is 14.8 Å². The fourth-order valence-electron chi connectivity index (χ4n) is 4.58. The number of methoxy groups -OCH3 is 1. The van der Waals surface area contributed by atoms with Gasteiger partial charge in [0.2, 0.25) is 15.9 Å². The van der Waals surface area contributed by atoms with Crippen molar-refractivity contribution in [3.63, 3.8) is 0 Å². The molecule has 2 N–H and O–H groups in total. The second-order valence-electron chi connectivity index (χ2n) is 9.08. The normalized spacial score (nSPS) is 18.6. The number of para-hydroxylation sites is 1. The first kappa shape index (κ1) is 25.8. The molecule has 1 saturated carbocycles. The second kappa shape index (κ2) is 10.2. The van der Waals surface area contributed by atoms with Gasteiger partial charge in [0.25, 0.3) is 0 Å². The van der Waals surface area contributed by atoms with Gasteiger partial charge in [0.1, 0.15) is 17.2 Å². The topological polar surface area (TPSA) is 141 Å². The van der Waals surface area contributed by atoms with Crippen LogP contribution in [0.5, 0.6) is 11.5 Å². The molecule has 2 aliphatic rings. The Morgan fingerprint density at radius 2 is 2.05 bits per heavy atom. The molecule has 0 radical (unpaired) electrons. The van der Waals surface area contributed by atoms with Crippen LogP contribution in [0.2, 0.25) is 5.15 Å². The number of hydrogen-bond donors (Lipinski definition) is 2. The summed E-state index contributed by atoms with van der Waals surface area (Å²) in [5.74, 6) is 1.03. The highest BCUT2D eigenvalue weighted by Gasteiger charge is 2.31. The monoisotopic (exact) mass is 556 g/mol. The van der Waals surface area contributed by atoms with Gasteiger partial charge < -0.3 is 14.6 Å². The summed E-state index contributed by atoms with van der Waals surface area (Å²) in [6.45, 7) is 4.30. The van der Waals surface area contributed by atoms with Crippen LogP contribution >= 0.6 is 11.6 Å². The van der Waals surface area contributed by atoms with E-state index in [2.05, 4.69) is 43.1 Å². The second-order valence-corrected chi connectivity index (χ2v) is 11.2. The van der Waals surface area contributed by atoms with Crippen LogP contribution < -0.4 is 9.46 Å². The van der Waals surface area contributed by atoms with Crippen molar-refractivity contribution in [2.45, 2.75) is 26.7 Å². The van der Waals surface area contributed by atoms with E-state index >= 15 is 0 Å². The molecule has 5 rings (SSSR count). The molecule has 3 heterocycles. The average molecular weight is 557 g/mol. The molecule has 2 aromatic heterocycles. The third kappa shape index (κ3) is 4.99. The maximum absolute atomic E-state index is 12.9. The van der Waals surface area contributed by atoms with E-state index in [0.29, 0.717) is 24.2 Å². The molecule has 0 amide bonds. The summed E-state index contributed by atoms with van der Waals surface area (Å²) in [5, 5.41) is 10.7. The number of halogens is 1. The fourth-order valence-corrected chi connectivity index (χ4v) is 6.22. The summed E-state index contributed by atoms with van der Waals surface area (Å²) in [7, 11) is -2.29. The Morgan fingerprint density at radius 1 is 1.26 bits per heavy atom. The van der Waals surface area contributed by atoms with E-state index in [1.165, 1.54) is 23.8 Å². The Bertz CT molecular complexity index is 1660. The minimum atomic E-state index is -3.75. The molecule has 38 heavy (non-hydrogen) atoms. The standard InChI is InChI=1S/C25H25ClN6O5S/c1-4-37-19-10-5-7-16(27-19)24-30-23-25(32(24)20-17(33)8-6-9-18(20)36-3)29-22(21(26)28-23)31-38(34,35)13-15-11-14(2)12-15/h6,8-10,14-15,33H,4,11-13H2,1-3H3,(H,29,31)/t14-,15+. The van der Waals surface area contributed by atoms with E-state index in [-0.39, 0.29) is 56.9 Å². The highest BCUT2D eigenvalue weighted by molar-refractivity contribution is 7.92. The molecular formula is C25H25ClN6O5S. The first-order valence-electron chi connectivity index (χ1n) is 12.0. The van der Waals surface area contributed by atoms with Crippen LogP contribution in [0.25, 0.3) is 22.7 Å². The molecule has 198 valence electrons. The highest BCUT2D eigenvalue weighted by atomic mass is 35.5. The van der Waals surface area contributed by atoms with Gasteiger partial charge in [-0.2, -0.15) is 0 Å². The van der Waals surface area contributed by atoms with E-state index < -0.39 is 10.0 Å². The minimum Gasteiger partial charge on any atom is -0.506 e. The number of benzene rings is 1. The van der Waals surface area contributed by atoms with Gasteiger partial charge in [-0.1, -0.05) is 30.3 Å². The minimum absolute atomic E-state index is 0.0376. The maximum atomic E-state index is 12.9. The summed E-state index contributed by atoms with van der Waals surface area (Å²) in [5.41, 5.74) is 6.35. The largest absolute Gasteiger partial charge is 0.506 e. The molecule has 1 aliphatic heterocycles. The predicted molar refractivity (Wildman–Crippen MR) is 143 cm³/mol. The van der Waals surface area contributed by atoms with Gasteiger partial charge in [-0.3, -0.25) is 9.29 Å². The van der Waals surface area contributed by atoms with Crippen LogP contribution in [0.15, 0.2) is 40.7 Å². The van der Waals surface area contributed by atoms with Gasteiger partial charge in [-0.15, -0.1) is 0 Å². The lowest BCUT2D eigenvalue weighted by Crippen LogP contribution is -2.31. The van der Waals surface area contributed by atoms with Crippen LogP contribution in [0.3, 0.4) is 0 Å². The number of sulfonamides is 1. The van der Waals surface area contributed by atoms with E-state index in [0.717, 1.165) is 12.8 Å². The molecule has 11 nitrogen and oxygen atoms in total. The van der Waals surface area contributed by atoms with Gasteiger partial charge in [0.15, 0.2) is 33.8 Å². The molecule has 1 aliphatic carbocycles. The number of phenols is 1. The number of anilines is 1. The number of ether oxygens (including phenoxy) is 2. The highest BCUT2D eigenvalue weighted by Crippen LogP contribution is 2.38. The summed E-state index contributed by atoms with van der Waals surface area (Å²) in [4.78, 5) is 17.8. The number of aromatic nitrogens is 4. The molecule has 0 unspecified atom stereocenters. The smallest absolute Gasteiger partial charge is 0.234 e. The number of aromatic hydroxyl groups is 1. The predicted octanol–water partition coefficient (Wildman–Crippen LogP) is 4.07. The zero-order valence-corrected chi connectivity index (χ0v) is 22.5. The lowest BCUT2D eigenvalue weighted by molar-refractivity contribution is 0.235. The average Bonchev–Trinajstić information content (AvgIpc) is 3.20. The lowest BCUT2D eigenvalue weighted by atomic mass is 9.77. The Hall–Kier alpha value is -3.82. The van der Waals surface area contributed by atoms with Crippen LogP contribution in [0.4, 0.5) is 5.82 Å². The van der Waals surface area contributed by atoms with E-state index in [4.69, 9.17) is 21.1 Å². The summed E-state index contributed by atoms with van der Waals surface area (Å²) in [6.07, 6.45) is 3.23. The van der Waals surface area contributed by atoms with E-state index in [1.807, 2.05) is 6.92 Å². The van der Waals surface area contributed by atoms with E-state index in [1.54, 1.807) is 12.1 Å². The van der Waals surface area contributed by atoms with Gasteiger partial charge >= 0.3 is 0 Å². The quantitative estimate of drug-likeness (QED) is 0.395. The summed E-state index contributed by atoms with van der Waals surface area (Å²) < 4.78 is 40.7. The van der Waals surface area contributed by atoms with Crippen molar-refractivity contribution in [3.05, 3.63) is 46.7 Å². The number of imidazole rings is 1. The van der Waals surface area contributed by atoms with Crippen molar-refractivity contribution in [3.8, 4) is 17.2 Å². The number of fused-ring (bicyclic) bond motifs is 1. The van der Waals surface area contributed by atoms with Crippen molar-refractivity contribution in [2.75, 3.05) is 24.2 Å². The first-order valence-corrected chi connectivity index (χ1v) is 14.0. The van der Waals surface area contributed by atoms with Crippen molar-refractivity contribution in [2.24, 2.45) is 16.8 Å². The molecule has 13 heteroatoms. The molecule has 1 fully saturated rings. The van der Waals surface area contributed by atoms with Crippen LogP contribution in [0, 0.1) is 11.8 Å². The third-order valence-corrected chi connectivity index (χ3v) is 7.84. The Morgan fingerprint density at radius 3 is 2.76 bits per heavy atom. The Kier molecular flexibility index (Phi) is 6.90. The molecular weight excluding hydrogens is 532 g/mol. The molecule has 1 aromatic carbocycles. The van der Waals surface area contributed by atoms with Crippen molar-refractivity contribution >= 4 is 50.3 Å². The number of nitrogens with one attached hydrogen (secondary N) is 1. The van der Waals surface area contributed by atoms with Crippen molar-refractivity contribution in [1.29, 1.82) is 0 Å². The molecule has 0 saturated heterocycles. The summed E-state index contributed by atoms with van der Waals surface area (Å²) in [6, 6.07) is 4.74. The van der Waals surface area contributed by atoms with Crippen LogP contribution in [0.1, 0.15) is 32.5 Å². The number of rotatable bonds is 8. The van der Waals surface area contributed by atoms with Gasteiger partial charge in [0.05, 0.1) is 25.5 Å². The van der Waals surface area contributed by atoms with Crippen LogP contribution in [-0.4, -0.2) is 58.4 Å².